The van der Waals surface area contributed by atoms with Crippen molar-refractivity contribution < 1.29 is 0 Å². The predicted molar refractivity (Wildman–Crippen MR) is 90.4 cm³/mol. The lowest BCUT2D eigenvalue weighted by Crippen LogP contribution is -2.27. The quantitative estimate of drug-likeness (QED) is 0.521. The Balaban J connectivity index is 2.04. The molecule has 2 atom stereocenters. The highest BCUT2D eigenvalue weighted by Gasteiger charge is 2.46. The van der Waals surface area contributed by atoms with Gasteiger partial charge in [0.15, 0.2) is 0 Å². The van der Waals surface area contributed by atoms with Crippen LogP contribution in [0, 0.1) is 0 Å². The zero-order valence-electron chi connectivity index (χ0n) is 11.4. The highest BCUT2D eigenvalue weighted by molar-refractivity contribution is 6.35. The fraction of sp³-hybridized carbons (Fsp3) is 0.158. The minimum atomic E-state index is -0.654. The maximum Gasteiger partial charge on any atom is 0.112 e. The van der Waals surface area contributed by atoms with Crippen LogP contribution in [0.2, 0.25) is 0 Å². The van der Waals surface area contributed by atoms with Crippen LogP contribution in [0.15, 0.2) is 66.7 Å². The van der Waals surface area contributed by atoms with Crippen LogP contribution in [0.3, 0.4) is 0 Å². The van der Waals surface area contributed by atoms with Gasteiger partial charge in [-0.3, -0.25) is 0 Å². The van der Waals surface area contributed by atoms with E-state index in [-0.39, 0.29) is 5.38 Å². The average molecular weight is 313 g/mol. The Morgan fingerprint density at radius 1 is 0.810 bits per heavy atom. The van der Waals surface area contributed by atoms with Gasteiger partial charge in [-0.25, -0.2) is 0 Å². The fourth-order valence-electron chi connectivity index (χ4n) is 3.41. The summed E-state index contributed by atoms with van der Waals surface area (Å²) >= 11 is 13.8. The maximum atomic E-state index is 7.12. The van der Waals surface area contributed by atoms with Crippen molar-refractivity contribution in [1.29, 1.82) is 0 Å². The normalized spacial score (nSPS) is 24.2. The summed E-state index contributed by atoms with van der Waals surface area (Å²) in [4.78, 5) is -0.654. The first-order valence-corrected chi connectivity index (χ1v) is 7.92. The number of halogens is 2. The van der Waals surface area contributed by atoms with Crippen molar-refractivity contribution in [1.82, 2.24) is 0 Å². The van der Waals surface area contributed by atoms with Crippen molar-refractivity contribution in [3.63, 3.8) is 0 Å². The van der Waals surface area contributed by atoms with Crippen molar-refractivity contribution in [2.45, 2.75) is 16.7 Å². The Hall–Kier alpha value is -1.50. The summed E-state index contributed by atoms with van der Waals surface area (Å²) in [6.07, 6.45) is 0.810. The van der Waals surface area contributed by atoms with E-state index in [0.717, 1.165) is 17.5 Å². The van der Waals surface area contributed by atoms with Gasteiger partial charge in [-0.2, -0.15) is 0 Å². The van der Waals surface area contributed by atoms with Gasteiger partial charge in [-0.1, -0.05) is 66.7 Å². The van der Waals surface area contributed by atoms with Gasteiger partial charge in [-0.05, 0) is 33.9 Å². The summed E-state index contributed by atoms with van der Waals surface area (Å²) in [5.74, 6) is 0. The minimum absolute atomic E-state index is 0.137. The Labute approximate surface area is 134 Å². The van der Waals surface area contributed by atoms with Gasteiger partial charge in [0.1, 0.15) is 4.87 Å². The van der Waals surface area contributed by atoms with Crippen LogP contribution >= 0.6 is 23.2 Å². The first-order valence-electron chi connectivity index (χ1n) is 7.11. The van der Waals surface area contributed by atoms with Crippen molar-refractivity contribution in [3.05, 3.63) is 83.4 Å². The lowest BCUT2D eigenvalue weighted by molar-refractivity contribution is 0.727. The standard InChI is InChI=1S/C19H14Cl2/c20-18-12-14-7-2-4-10-16(14)19(18,21)17-11-5-8-13-6-1-3-9-15(13)17/h1-11,18H,12H2/t18-,19+/m0/s1. The van der Waals surface area contributed by atoms with Gasteiger partial charge < -0.3 is 0 Å². The molecule has 0 bridgehead atoms. The van der Waals surface area contributed by atoms with E-state index < -0.39 is 4.87 Å². The smallest absolute Gasteiger partial charge is 0.112 e. The Morgan fingerprint density at radius 3 is 2.38 bits per heavy atom. The molecule has 0 spiro atoms. The van der Waals surface area contributed by atoms with Crippen LogP contribution in [-0.2, 0) is 11.3 Å². The van der Waals surface area contributed by atoms with Gasteiger partial charge in [0.25, 0.3) is 0 Å². The van der Waals surface area contributed by atoms with E-state index in [0.29, 0.717) is 0 Å². The fourth-order valence-corrected chi connectivity index (χ4v) is 4.24. The molecule has 0 heterocycles. The molecule has 0 saturated carbocycles. The van der Waals surface area contributed by atoms with E-state index in [1.807, 2.05) is 18.2 Å². The second-order valence-corrected chi connectivity index (χ2v) is 6.69. The van der Waals surface area contributed by atoms with Crippen LogP contribution in [0.1, 0.15) is 16.7 Å². The monoisotopic (exact) mass is 312 g/mol. The highest BCUT2D eigenvalue weighted by Crippen LogP contribution is 2.51. The number of hydrogen-bond donors (Lipinski definition) is 0. The van der Waals surface area contributed by atoms with Crippen molar-refractivity contribution in [2.24, 2.45) is 0 Å². The summed E-state index contributed by atoms with van der Waals surface area (Å²) < 4.78 is 0. The Morgan fingerprint density at radius 2 is 1.48 bits per heavy atom. The van der Waals surface area contributed by atoms with Crippen LogP contribution in [-0.4, -0.2) is 5.38 Å². The average Bonchev–Trinajstić information content (AvgIpc) is 2.79. The second-order valence-electron chi connectivity index (χ2n) is 5.57. The van der Waals surface area contributed by atoms with Crippen molar-refractivity contribution >= 4 is 34.0 Å². The number of alkyl halides is 2. The number of hydrogen-bond acceptors (Lipinski definition) is 0. The lowest BCUT2D eigenvalue weighted by atomic mass is 9.88. The van der Waals surface area contributed by atoms with Crippen molar-refractivity contribution in [3.8, 4) is 0 Å². The Bertz CT molecular complexity index is 819. The molecule has 0 amide bonds. The van der Waals surface area contributed by atoms with Gasteiger partial charge in [0.2, 0.25) is 0 Å². The molecule has 0 aliphatic heterocycles. The molecular weight excluding hydrogens is 299 g/mol. The van der Waals surface area contributed by atoms with Crippen LogP contribution in [0.25, 0.3) is 10.8 Å². The molecule has 1 aliphatic carbocycles. The maximum absolute atomic E-state index is 7.12. The van der Waals surface area contributed by atoms with E-state index in [2.05, 4.69) is 48.5 Å². The second kappa shape index (κ2) is 4.76. The summed E-state index contributed by atoms with van der Waals surface area (Å²) in [6.45, 7) is 0. The van der Waals surface area contributed by atoms with Gasteiger partial charge >= 0.3 is 0 Å². The molecule has 4 rings (SSSR count). The van der Waals surface area contributed by atoms with Gasteiger partial charge in [0.05, 0.1) is 5.38 Å². The molecule has 1 aliphatic rings. The largest absolute Gasteiger partial charge is 0.120 e. The van der Waals surface area contributed by atoms with Gasteiger partial charge in [-0.15, -0.1) is 23.2 Å². The molecule has 0 saturated heterocycles. The lowest BCUT2D eigenvalue weighted by Gasteiger charge is -2.28. The molecule has 0 nitrogen and oxygen atoms in total. The predicted octanol–water partition coefficient (Wildman–Crippen LogP) is 5.49. The molecule has 2 heteroatoms. The number of benzene rings is 3. The zero-order valence-corrected chi connectivity index (χ0v) is 12.9. The molecule has 0 fully saturated rings. The van der Waals surface area contributed by atoms with Crippen molar-refractivity contribution in [2.75, 3.05) is 0 Å². The van der Waals surface area contributed by atoms with E-state index >= 15 is 0 Å². The molecular formula is C19H14Cl2. The SMILES string of the molecule is Cl[C@H]1Cc2ccccc2[C@@]1(Cl)c1cccc2ccccc12. The van der Waals surface area contributed by atoms with E-state index in [9.17, 15) is 0 Å². The van der Waals surface area contributed by atoms with Gasteiger partial charge in [0, 0.05) is 0 Å². The Kier molecular flexibility index (Phi) is 2.99. The third-order valence-corrected chi connectivity index (χ3v) is 5.69. The third-order valence-electron chi connectivity index (χ3n) is 4.42. The van der Waals surface area contributed by atoms with E-state index in [1.54, 1.807) is 0 Å². The number of rotatable bonds is 1. The van der Waals surface area contributed by atoms with Crippen LogP contribution in [0.4, 0.5) is 0 Å². The molecule has 0 N–H and O–H groups in total. The summed E-state index contributed by atoms with van der Waals surface area (Å²) in [5, 5.41) is 2.24. The molecule has 3 aromatic rings. The highest BCUT2D eigenvalue weighted by atomic mass is 35.5. The van der Waals surface area contributed by atoms with Crippen LogP contribution in [0.5, 0.6) is 0 Å². The van der Waals surface area contributed by atoms with Crippen LogP contribution < -0.4 is 0 Å². The molecule has 3 aromatic carbocycles. The first-order chi connectivity index (χ1) is 10.2. The topological polar surface area (TPSA) is 0 Å². The number of fused-ring (bicyclic) bond motifs is 2. The first kappa shape index (κ1) is 13.2. The molecule has 0 radical (unpaired) electrons. The summed E-state index contributed by atoms with van der Waals surface area (Å²) in [7, 11) is 0. The molecule has 104 valence electrons. The summed E-state index contributed by atoms with van der Waals surface area (Å²) in [5.41, 5.74) is 3.50. The third kappa shape index (κ3) is 1.83. The molecule has 21 heavy (non-hydrogen) atoms. The molecule has 0 aromatic heterocycles. The zero-order chi connectivity index (χ0) is 14.4. The summed E-state index contributed by atoms with van der Waals surface area (Å²) in [6, 6.07) is 22.9. The van der Waals surface area contributed by atoms with E-state index in [4.69, 9.17) is 23.2 Å². The molecule has 0 unspecified atom stereocenters. The minimum Gasteiger partial charge on any atom is -0.120 e. The van der Waals surface area contributed by atoms with E-state index in [1.165, 1.54) is 16.3 Å².